The SMILES string of the molecule is NC1(C(=O)NC2CCCCC2)CCOCC1. The van der Waals surface area contributed by atoms with Crippen molar-refractivity contribution in [3.8, 4) is 0 Å². The second-order valence-electron chi connectivity index (χ2n) is 5.08. The summed E-state index contributed by atoms with van der Waals surface area (Å²) in [6.45, 7) is 1.21. The number of nitrogens with one attached hydrogen (secondary N) is 1. The van der Waals surface area contributed by atoms with Crippen molar-refractivity contribution in [1.82, 2.24) is 5.32 Å². The predicted molar refractivity (Wildman–Crippen MR) is 62.0 cm³/mol. The van der Waals surface area contributed by atoms with E-state index in [0.29, 0.717) is 32.1 Å². The maximum atomic E-state index is 12.1. The van der Waals surface area contributed by atoms with Gasteiger partial charge in [0, 0.05) is 19.3 Å². The number of carbonyl (C=O) groups is 1. The van der Waals surface area contributed by atoms with Gasteiger partial charge in [-0.2, -0.15) is 0 Å². The average Bonchev–Trinajstić information content (AvgIpc) is 2.31. The number of rotatable bonds is 2. The molecule has 16 heavy (non-hydrogen) atoms. The van der Waals surface area contributed by atoms with E-state index in [1.54, 1.807) is 0 Å². The summed E-state index contributed by atoms with van der Waals surface area (Å²) in [7, 11) is 0. The number of nitrogens with two attached hydrogens (primary N) is 1. The van der Waals surface area contributed by atoms with Crippen LogP contribution in [0.25, 0.3) is 0 Å². The fourth-order valence-electron chi connectivity index (χ4n) is 2.54. The maximum absolute atomic E-state index is 12.1. The smallest absolute Gasteiger partial charge is 0.240 e. The van der Waals surface area contributed by atoms with Crippen LogP contribution in [0.1, 0.15) is 44.9 Å². The van der Waals surface area contributed by atoms with Gasteiger partial charge in [0.2, 0.25) is 5.91 Å². The molecular weight excluding hydrogens is 204 g/mol. The fraction of sp³-hybridized carbons (Fsp3) is 0.917. The zero-order valence-corrected chi connectivity index (χ0v) is 9.84. The second kappa shape index (κ2) is 5.15. The van der Waals surface area contributed by atoms with Crippen LogP contribution in [0.2, 0.25) is 0 Å². The quantitative estimate of drug-likeness (QED) is 0.736. The van der Waals surface area contributed by atoms with Crippen LogP contribution in [0.4, 0.5) is 0 Å². The molecule has 1 amide bonds. The van der Waals surface area contributed by atoms with Crippen LogP contribution in [0.3, 0.4) is 0 Å². The Bertz CT molecular complexity index is 243. The summed E-state index contributed by atoms with van der Waals surface area (Å²) in [4.78, 5) is 12.1. The van der Waals surface area contributed by atoms with Gasteiger partial charge < -0.3 is 15.8 Å². The van der Waals surface area contributed by atoms with E-state index in [-0.39, 0.29) is 5.91 Å². The Morgan fingerprint density at radius 3 is 2.44 bits per heavy atom. The second-order valence-corrected chi connectivity index (χ2v) is 5.08. The molecule has 1 aliphatic heterocycles. The van der Waals surface area contributed by atoms with Gasteiger partial charge in [0.05, 0.1) is 5.54 Å². The van der Waals surface area contributed by atoms with Crippen LogP contribution in [0.5, 0.6) is 0 Å². The molecule has 1 heterocycles. The van der Waals surface area contributed by atoms with E-state index in [1.165, 1.54) is 19.3 Å². The lowest BCUT2D eigenvalue weighted by Crippen LogP contribution is -2.58. The van der Waals surface area contributed by atoms with Crippen molar-refractivity contribution < 1.29 is 9.53 Å². The first-order valence-electron chi connectivity index (χ1n) is 6.38. The summed E-state index contributed by atoms with van der Waals surface area (Å²) >= 11 is 0. The lowest BCUT2D eigenvalue weighted by molar-refractivity contribution is -0.130. The molecule has 4 nitrogen and oxygen atoms in total. The molecule has 92 valence electrons. The summed E-state index contributed by atoms with van der Waals surface area (Å²) < 4.78 is 5.25. The van der Waals surface area contributed by atoms with Crippen molar-refractivity contribution >= 4 is 5.91 Å². The van der Waals surface area contributed by atoms with Crippen LogP contribution in [-0.2, 0) is 9.53 Å². The molecule has 4 heteroatoms. The molecule has 0 aromatic rings. The summed E-state index contributed by atoms with van der Waals surface area (Å²) in [5, 5.41) is 3.11. The third-order valence-corrected chi connectivity index (χ3v) is 3.78. The summed E-state index contributed by atoms with van der Waals surface area (Å²) in [5.41, 5.74) is 5.44. The molecule has 1 aliphatic carbocycles. The highest BCUT2D eigenvalue weighted by Gasteiger charge is 2.36. The molecule has 1 saturated heterocycles. The Labute approximate surface area is 96.9 Å². The average molecular weight is 226 g/mol. The van der Waals surface area contributed by atoms with E-state index in [4.69, 9.17) is 10.5 Å². The Balaban J connectivity index is 1.85. The van der Waals surface area contributed by atoms with E-state index >= 15 is 0 Å². The Hall–Kier alpha value is -0.610. The minimum Gasteiger partial charge on any atom is -0.381 e. The van der Waals surface area contributed by atoms with Gasteiger partial charge in [0.15, 0.2) is 0 Å². The van der Waals surface area contributed by atoms with Crippen molar-refractivity contribution in [2.45, 2.75) is 56.5 Å². The number of ether oxygens (including phenoxy) is 1. The number of amides is 1. The summed E-state index contributed by atoms with van der Waals surface area (Å²) in [5.74, 6) is 0.0303. The van der Waals surface area contributed by atoms with Crippen LogP contribution in [0.15, 0.2) is 0 Å². The van der Waals surface area contributed by atoms with E-state index in [9.17, 15) is 4.79 Å². The molecular formula is C12H22N2O2. The van der Waals surface area contributed by atoms with Crippen LogP contribution in [0, 0.1) is 0 Å². The highest BCUT2D eigenvalue weighted by atomic mass is 16.5. The summed E-state index contributed by atoms with van der Waals surface area (Å²) in [6, 6.07) is 0.351. The van der Waals surface area contributed by atoms with Crippen molar-refractivity contribution in [2.75, 3.05) is 13.2 Å². The molecule has 0 atom stereocenters. The van der Waals surface area contributed by atoms with E-state index < -0.39 is 5.54 Å². The molecule has 3 N–H and O–H groups in total. The van der Waals surface area contributed by atoms with E-state index in [0.717, 1.165) is 12.8 Å². The fourth-order valence-corrected chi connectivity index (χ4v) is 2.54. The van der Waals surface area contributed by atoms with Gasteiger partial charge in [-0.05, 0) is 25.7 Å². The molecule has 2 aliphatic rings. The topological polar surface area (TPSA) is 64.4 Å². The Morgan fingerprint density at radius 1 is 1.19 bits per heavy atom. The number of hydrogen-bond donors (Lipinski definition) is 2. The molecule has 2 fully saturated rings. The lowest BCUT2D eigenvalue weighted by Gasteiger charge is -2.34. The zero-order valence-electron chi connectivity index (χ0n) is 9.84. The standard InChI is InChI=1S/C12H22N2O2/c13-12(6-8-16-9-7-12)11(15)14-10-4-2-1-3-5-10/h10H,1-9,13H2,(H,14,15). The van der Waals surface area contributed by atoms with Crippen LogP contribution in [-0.4, -0.2) is 30.7 Å². The van der Waals surface area contributed by atoms with Gasteiger partial charge >= 0.3 is 0 Å². The minimum absolute atomic E-state index is 0.0303. The molecule has 2 rings (SSSR count). The Morgan fingerprint density at radius 2 is 1.81 bits per heavy atom. The largest absolute Gasteiger partial charge is 0.381 e. The summed E-state index contributed by atoms with van der Waals surface area (Å²) in [6.07, 6.45) is 7.26. The van der Waals surface area contributed by atoms with Gasteiger partial charge in [0.1, 0.15) is 0 Å². The van der Waals surface area contributed by atoms with Gasteiger partial charge in [-0.1, -0.05) is 19.3 Å². The van der Waals surface area contributed by atoms with Crippen molar-refractivity contribution in [3.63, 3.8) is 0 Å². The van der Waals surface area contributed by atoms with E-state index in [2.05, 4.69) is 5.32 Å². The normalized spacial score (nSPS) is 26.3. The maximum Gasteiger partial charge on any atom is 0.240 e. The Kier molecular flexibility index (Phi) is 3.82. The molecule has 0 aromatic heterocycles. The third-order valence-electron chi connectivity index (χ3n) is 3.78. The first-order valence-corrected chi connectivity index (χ1v) is 6.38. The van der Waals surface area contributed by atoms with Gasteiger partial charge in [-0.25, -0.2) is 0 Å². The molecule has 0 spiro atoms. The van der Waals surface area contributed by atoms with E-state index in [1.807, 2.05) is 0 Å². The van der Waals surface area contributed by atoms with Crippen molar-refractivity contribution in [1.29, 1.82) is 0 Å². The lowest BCUT2D eigenvalue weighted by atomic mass is 9.88. The highest BCUT2D eigenvalue weighted by molar-refractivity contribution is 5.86. The molecule has 0 radical (unpaired) electrons. The number of hydrogen-bond acceptors (Lipinski definition) is 3. The molecule has 0 bridgehead atoms. The predicted octanol–water partition coefficient (Wildman–Crippen LogP) is 0.943. The number of carbonyl (C=O) groups excluding carboxylic acids is 1. The van der Waals surface area contributed by atoms with Gasteiger partial charge in [-0.3, -0.25) is 4.79 Å². The molecule has 0 aromatic carbocycles. The first-order chi connectivity index (χ1) is 7.71. The van der Waals surface area contributed by atoms with Crippen molar-refractivity contribution in [2.24, 2.45) is 5.73 Å². The zero-order chi connectivity index (χ0) is 11.4. The van der Waals surface area contributed by atoms with Gasteiger partial charge in [0.25, 0.3) is 0 Å². The monoisotopic (exact) mass is 226 g/mol. The molecule has 1 saturated carbocycles. The van der Waals surface area contributed by atoms with Crippen LogP contribution < -0.4 is 11.1 Å². The van der Waals surface area contributed by atoms with Gasteiger partial charge in [-0.15, -0.1) is 0 Å². The minimum atomic E-state index is -0.685. The van der Waals surface area contributed by atoms with Crippen LogP contribution >= 0.6 is 0 Å². The van der Waals surface area contributed by atoms with Crippen molar-refractivity contribution in [3.05, 3.63) is 0 Å². The highest BCUT2D eigenvalue weighted by Crippen LogP contribution is 2.21. The third kappa shape index (κ3) is 2.74. The molecule has 0 unspecified atom stereocenters. The first kappa shape index (κ1) is 11.9.